The van der Waals surface area contributed by atoms with Crippen LogP contribution in [0.2, 0.25) is 0 Å². The van der Waals surface area contributed by atoms with E-state index in [-0.39, 0.29) is 11.3 Å². The Kier molecular flexibility index (Phi) is 15.8. The first-order chi connectivity index (χ1) is 10.7. The summed E-state index contributed by atoms with van der Waals surface area (Å²) < 4.78 is 0. The molecule has 3 amide bonds. The van der Waals surface area contributed by atoms with Crippen LogP contribution in [0.4, 0.5) is 9.59 Å². The maximum Gasteiger partial charge on any atom is 0.314 e. The summed E-state index contributed by atoms with van der Waals surface area (Å²) in [5.41, 5.74) is 0. The van der Waals surface area contributed by atoms with Gasteiger partial charge in [0, 0.05) is 25.4 Å². The van der Waals surface area contributed by atoms with E-state index in [0.29, 0.717) is 12.3 Å². The Morgan fingerprint density at radius 3 is 1.86 bits per heavy atom. The summed E-state index contributed by atoms with van der Waals surface area (Å²) in [7, 11) is 0. The van der Waals surface area contributed by atoms with Crippen molar-refractivity contribution in [2.24, 2.45) is 0 Å². The SMILES string of the molecule is CCCCCCNC(=O)NCCSC(=O)NCCCCCC. The molecule has 0 heterocycles. The molecule has 22 heavy (non-hydrogen) atoms. The number of carbonyl (C=O) groups excluding carboxylic acids is 2. The fraction of sp³-hybridized carbons (Fsp3) is 0.875. The first-order valence-electron chi connectivity index (χ1n) is 8.63. The first-order valence-corrected chi connectivity index (χ1v) is 9.61. The molecule has 0 aromatic carbocycles. The summed E-state index contributed by atoms with van der Waals surface area (Å²) in [5, 5.41) is 8.46. The van der Waals surface area contributed by atoms with Crippen LogP contribution in [0, 0.1) is 0 Å². The van der Waals surface area contributed by atoms with Gasteiger partial charge in [-0.25, -0.2) is 4.79 Å². The van der Waals surface area contributed by atoms with Crippen molar-refractivity contribution in [3.63, 3.8) is 0 Å². The zero-order valence-electron chi connectivity index (χ0n) is 14.2. The lowest BCUT2D eigenvalue weighted by molar-refractivity contribution is 0.241. The highest BCUT2D eigenvalue weighted by atomic mass is 32.2. The molecule has 0 aliphatic heterocycles. The van der Waals surface area contributed by atoms with Gasteiger partial charge in [0.15, 0.2) is 0 Å². The van der Waals surface area contributed by atoms with Crippen LogP contribution < -0.4 is 16.0 Å². The number of thioether (sulfide) groups is 1. The van der Waals surface area contributed by atoms with E-state index in [1.807, 2.05) is 0 Å². The predicted molar refractivity (Wildman–Crippen MR) is 95.5 cm³/mol. The molecule has 130 valence electrons. The van der Waals surface area contributed by atoms with E-state index in [4.69, 9.17) is 0 Å². The van der Waals surface area contributed by atoms with Crippen molar-refractivity contribution in [2.75, 3.05) is 25.4 Å². The third kappa shape index (κ3) is 15.5. The Morgan fingerprint density at radius 2 is 1.27 bits per heavy atom. The summed E-state index contributed by atoms with van der Waals surface area (Å²) >= 11 is 1.22. The lowest BCUT2D eigenvalue weighted by atomic mass is 10.2. The van der Waals surface area contributed by atoms with Crippen molar-refractivity contribution in [1.82, 2.24) is 16.0 Å². The molecule has 0 rings (SSSR count). The lowest BCUT2D eigenvalue weighted by Gasteiger charge is -2.07. The van der Waals surface area contributed by atoms with Crippen molar-refractivity contribution >= 4 is 23.0 Å². The molecular formula is C16H33N3O2S. The molecular weight excluding hydrogens is 298 g/mol. The van der Waals surface area contributed by atoms with Gasteiger partial charge in [0.1, 0.15) is 0 Å². The molecule has 3 N–H and O–H groups in total. The molecule has 0 radical (unpaired) electrons. The normalized spacial score (nSPS) is 10.3. The van der Waals surface area contributed by atoms with E-state index < -0.39 is 0 Å². The van der Waals surface area contributed by atoms with E-state index in [0.717, 1.165) is 32.4 Å². The molecule has 0 unspecified atom stereocenters. The van der Waals surface area contributed by atoms with E-state index >= 15 is 0 Å². The Hall–Kier alpha value is -0.910. The number of carbonyl (C=O) groups is 2. The highest BCUT2D eigenvalue weighted by molar-refractivity contribution is 8.13. The van der Waals surface area contributed by atoms with Crippen LogP contribution in [0.3, 0.4) is 0 Å². The molecule has 0 fully saturated rings. The van der Waals surface area contributed by atoms with Crippen LogP contribution in [-0.2, 0) is 0 Å². The maximum absolute atomic E-state index is 11.5. The standard InChI is InChI=1S/C16H33N3O2S/c1-3-5-7-9-11-17-15(20)18-13-14-22-16(21)19-12-10-8-6-4-2/h3-14H2,1-2H3,(H,19,21)(H2,17,18,20). The van der Waals surface area contributed by atoms with Crippen molar-refractivity contribution < 1.29 is 9.59 Å². The number of urea groups is 1. The molecule has 0 aromatic rings. The largest absolute Gasteiger partial charge is 0.347 e. The second-order valence-electron chi connectivity index (χ2n) is 5.37. The highest BCUT2D eigenvalue weighted by Gasteiger charge is 2.02. The molecule has 0 bridgehead atoms. The predicted octanol–water partition coefficient (Wildman–Crippen LogP) is 3.89. The summed E-state index contributed by atoms with van der Waals surface area (Å²) in [6.45, 7) is 6.31. The lowest BCUT2D eigenvalue weighted by Crippen LogP contribution is -2.37. The molecule has 0 saturated heterocycles. The second-order valence-corrected chi connectivity index (χ2v) is 6.43. The zero-order chi connectivity index (χ0) is 16.5. The van der Waals surface area contributed by atoms with Crippen molar-refractivity contribution in [3.05, 3.63) is 0 Å². The van der Waals surface area contributed by atoms with Gasteiger partial charge in [-0.05, 0) is 12.8 Å². The van der Waals surface area contributed by atoms with Crippen LogP contribution in [-0.4, -0.2) is 36.7 Å². The van der Waals surface area contributed by atoms with Gasteiger partial charge in [0.05, 0.1) is 0 Å². The van der Waals surface area contributed by atoms with E-state index in [9.17, 15) is 9.59 Å². The zero-order valence-corrected chi connectivity index (χ0v) is 15.0. The van der Waals surface area contributed by atoms with E-state index in [1.165, 1.54) is 43.9 Å². The molecule has 0 spiro atoms. The Labute approximate surface area is 139 Å². The number of nitrogens with one attached hydrogen (secondary N) is 3. The van der Waals surface area contributed by atoms with Crippen LogP contribution in [0.25, 0.3) is 0 Å². The minimum Gasteiger partial charge on any atom is -0.347 e. The summed E-state index contributed by atoms with van der Waals surface area (Å²) in [6.07, 6.45) is 9.23. The average molecular weight is 332 g/mol. The Bertz CT molecular complexity index is 261. The molecule has 0 aromatic heterocycles. The molecule has 6 heteroatoms. The fourth-order valence-corrected chi connectivity index (χ4v) is 2.51. The number of hydrogen-bond donors (Lipinski definition) is 3. The number of hydrogen-bond acceptors (Lipinski definition) is 3. The second kappa shape index (κ2) is 16.5. The molecule has 0 atom stereocenters. The molecule has 0 aliphatic carbocycles. The molecule has 0 saturated carbocycles. The topological polar surface area (TPSA) is 70.2 Å². The summed E-state index contributed by atoms with van der Waals surface area (Å²) in [5.74, 6) is 0.601. The summed E-state index contributed by atoms with van der Waals surface area (Å²) in [4.78, 5) is 23.0. The van der Waals surface area contributed by atoms with E-state index in [1.54, 1.807) is 0 Å². The van der Waals surface area contributed by atoms with E-state index in [2.05, 4.69) is 29.8 Å². The monoisotopic (exact) mass is 331 g/mol. The van der Waals surface area contributed by atoms with Crippen LogP contribution >= 0.6 is 11.8 Å². The molecule has 0 aliphatic rings. The van der Waals surface area contributed by atoms with Crippen molar-refractivity contribution in [2.45, 2.75) is 65.2 Å². The first kappa shape index (κ1) is 21.1. The van der Waals surface area contributed by atoms with Gasteiger partial charge in [0.2, 0.25) is 0 Å². The average Bonchev–Trinajstić information content (AvgIpc) is 2.51. The molecule has 5 nitrogen and oxygen atoms in total. The number of rotatable bonds is 13. The highest BCUT2D eigenvalue weighted by Crippen LogP contribution is 2.01. The Balaban J connectivity index is 3.32. The third-order valence-electron chi connectivity index (χ3n) is 3.24. The van der Waals surface area contributed by atoms with Crippen LogP contribution in [0.1, 0.15) is 65.2 Å². The summed E-state index contributed by atoms with van der Waals surface area (Å²) in [6, 6.07) is -0.142. The van der Waals surface area contributed by atoms with Gasteiger partial charge < -0.3 is 16.0 Å². The minimum atomic E-state index is -0.142. The maximum atomic E-state index is 11.5. The van der Waals surface area contributed by atoms with Gasteiger partial charge in [-0.15, -0.1) is 0 Å². The van der Waals surface area contributed by atoms with Gasteiger partial charge in [-0.1, -0.05) is 64.1 Å². The number of unbranched alkanes of at least 4 members (excludes halogenated alkanes) is 6. The van der Waals surface area contributed by atoms with Gasteiger partial charge in [-0.2, -0.15) is 0 Å². The minimum absolute atomic E-state index is 0.00160. The Morgan fingerprint density at radius 1 is 0.727 bits per heavy atom. The van der Waals surface area contributed by atoms with Crippen molar-refractivity contribution in [1.29, 1.82) is 0 Å². The number of amides is 3. The van der Waals surface area contributed by atoms with Crippen LogP contribution in [0.15, 0.2) is 0 Å². The quantitative estimate of drug-likeness (QED) is 0.448. The van der Waals surface area contributed by atoms with Crippen molar-refractivity contribution in [3.8, 4) is 0 Å². The van der Waals surface area contributed by atoms with Gasteiger partial charge >= 0.3 is 6.03 Å². The van der Waals surface area contributed by atoms with Gasteiger partial charge in [0.25, 0.3) is 5.24 Å². The third-order valence-corrected chi connectivity index (χ3v) is 4.05. The van der Waals surface area contributed by atoms with Crippen LogP contribution in [0.5, 0.6) is 0 Å². The smallest absolute Gasteiger partial charge is 0.314 e. The van der Waals surface area contributed by atoms with Gasteiger partial charge in [-0.3, -0.25) is 4.79 Å². The fourth-order valence-electron chi connectivity index (χ4n) is 1.92.